The van der Waals surface area contributed by atoms with Crippen LogP contribution < -0.4 is 14.5 Å². The summed E-state index contributed by atoms with van der Waals surface area (Å²) in [7, 11) is 1.54. The third-order valence-corrected chi connectivity index (χ3v) is 4.48. The normalized spacial score (nSPS) is 13.9. The van der Waals surface area contributed by atoms with Crippen LogP contribution in [0.3, 0.4) is 0 Å². The Kier molecular flexibility index (Phi) is 6.10. The van der Waals surface area contributed by atoms with Gasteiger partial charge in [-0.1, -0.05) is 12.1 Å². The maximum atomic E-state index is 13.1. The van der Waals surface area contributed by atoms with Crippen molar-refractivity contribution >= 4 is 29.5 Å². The number of nitrogens with zero attached hydrogens (tertiary/aromatic N) is 2. The van der Waals surface area contributed by atoms with Gasteiger partial charge in [0, 0.05) is 25.2 Å². The maximum absolute atomic E-state index is 13.1. The largest absolute Gasteiger partial charge is 0.497 e. The lowest BCUT2D eigenvalue weighted by atomic mass is 10.1. The quantitative estimate of drug-likeness (QED) is 0.690. The van der Waals surface area contributed by atoms with Crippen molar-refractivity contribution in [3.05, 3.63) is 59.9 Å². The SMILES string of the molecule is COc1ccc2c(c1)N(C(=O)C=Cc1ccc(F)cc1)CCN2C(=O)OC(C)(C)C. The summed E-state index contributed by atoms with van der Waals surface area (Å²) < 4.78 is 23.9. The van der Waals surface area contributed by atoms with E-state index in [4.69, 9.17) is 9.47 Å². The van der Waals surface area contributed by atoms with Crippen molar-refractivity contribution in [2.24, 2.45) is 0 Å². The highest BCUT2D eigenvalue weighted by atomic mass is 19.1. The van der Waals surface area contributed by atoms with Gasteiger partial charge in [-0.05, 0) is 56.7 Å². The van der Waals surface area contributed by atoms with Crippen LogP contribution in [0.15, 0.2) is 48.5 Å². The van der Waals surface area contributed by atoms with Gasteiger partial charge in [-0.2, -0.15) is 0 Å². The number of ether oxygens (including phenoxy) is 2. The molecule has 0 radical (unpaired) electrons. The second kappa shape index (κ2) is 8.57. The zero-order valence-electron chi connectivity index (χ0n) is 17.5. The molecule has 0 bridgehead atoms. The lowest BCUT2D eigenvalue weighted by molar-refractivity contribution is -0.114. The number of rotatable bonds is 3. The molecule has 30 heavy (non-hydrogen) atoms. The van der Waals surface area contributed by atoms with Gasteiger partial charge in [0.25, 0.3) is 5.91 Å². The fourth-order valence-electron chi connectivity index (χ4n) is 3.08. The first-order valence-corrected chi connectivity index (χ1v) is 9.61. The molecule has 0 N–H and O–H groups in total. The summed E-state index contributed by atoms with van der Waals surface area (Å²) in [5.74, 6) is -0.0180. The number of benzene rings is 2. The summed E-state index contributed by atoms with van der Waals surface area (Å²) >= 11 is 0. The van der Waals surface area contributed by atoms with Crippen molar-refractivity contribution < 1.29 is 23.5 Å². The molecule has 1 heterocycles. The molecule has 0 saturated carbocycles. The van der Waals surface area contributed by atoms with E-state index in [2.05, 4.69) is 0 Å². The van der Waals surface area contributed by atoms with Crippen LogP contribution in [0, 0.1) is 5.82 Å². The first-order chi connectivity index (χ1) is 14.2. The van der Waals surface area contributed by atoms with E-state index in [0.717, 1.165) is 0 Å². The van der Waals surface area contributed by atoms with Crippen LogP contribution in [0.1, 0.15) is 26.3 Å². The number of halogens is 1. The van der Waals surface area contributed by atoms with Gasteiger partial charge in [0.15, 0.2) is 0 Å². The summed E-state index contributed by atoms with van der Waals surface area (Å²) in [4.78, 5) is 28.7. The van der Waals surface area contributed by atoms with Crippen molar-refractivity contribution in [1.29, 1.82) is 0 Å². The summed E-state index contributed by atoms with van der Waals surface area (Å²) in [6.07, 6.45) is 2.59. The molecule has 1 aliphatic rings. The molecule has 0 fully saturated rings. The van der Waals surface area contributed by atoms with Gasteiger partial charge in [-0.3, -0.25) is 9.69 Å². The summed E-state index contributed by atoms with van der Waals surface area (Å²) in [5, 5.41) is 0. The maximum Gasteiger partial charge on any atom is 0.414 e. The van der Waals surface area contributed by atoms with E-state index in [1.54, 1.807) is 62.1 Å². The van der Waals surface area contributed by atoms with Crippen LogP contribution in [0.25, 0.3) is 6.08 Å². The number of anilines is 2. The number of hydrogen-bond donors (Lipinski definition) is 0. The Morgan fingerprint density at radius 1 is 1.00 bits per heavy atom. The third kappa shape index (κ3) is 4.97. The predicted molar refractivity (Wildman–Crippen MR) is 114 cm³/mol. The van der Waals surface area contributed by atoms with Crippen LogP contribution in [0.5, 0.6) is 5.75 Å². The number of amides is 2. The molecule has 2 amide bonds. The molecule has 7 heteroatoms. The zero-order chi connectivity index (χ0) is 21.9. The molecule has 0 unspecified atom stereocenters. The average Bonchev–Trinajstić information content (AvgIpc) is 2.70. The van der Waals surface area contributed by atoms with Crippen LogP contribution in [-0.4, -0.2) is 37.8 Å². The molecule has 0 saturated heterocycles. The minimum atomic E-state index is -0.630. The van der Waals surface area contributed by atoms with E-state index in [1.165, 1.54) is 30.2 Å². The molecule has 2 aromatic rings. The van der Waals surface area contributed by atoms with Crippen LogP contribution >= 0.6 is 0 Å². The number of carbonyl (C=O) groups is 2. The van der Waals surface area contributed by atoms with Crippen molar-refractivity contribution in [2.75, 3.05) is 30.0 Å². The van der Waals surface area contributed by atoms with Crippen molar-refractivity contribution in [3.63, 3.8) is 0 Å². The molecule has 1 aliphatic heterocycles. The standard InChI is InChI=1S/C23H25FN2O4/c1-23(2,3)30-22(28)26-14-13-25(20-15-18(29-4)10-11-19(20)26)21(27)12-7-16-5-8-17(24)9-6-16/h5-12,15H,13-14H2,1-4H3. The van der Waals surface area contributed by atoms with Crippen molar-refractivity contribution in [1.82, 2.24) is 0 Å². The number of methoxy groups -OCH3 is 1. The first kappa shape index (κ1) is 21.4. The van der Waals surface area contributed by atoms with Gasteiger partial charge in [0.2, 0.25) is 0 Å². The second-order valence-electron chi connectivity index (χ2n) is 7.86. The Balaban J connectivity index is 1.89. The smallest absolute Gasteiger partial charge is 0.414 e. The minimum Gasteiger partial charge on any atom is -0.497 e. The Hall–Kier alpha value is -3.35. The Bertz CT molecular complexity index is 964. The van der Waals surface area contributed by atoms with Crippen LogP contribution in [-0.2, 0) is 9.53 Å². The number of hydrogen-bond acceptors (Lipinski definition) is 4. The molecular formula is C23H25FN2O4. The lowest BCUT2D eigenvalue weighted by Crippen LogP contribution is -2.47. The van der Waals surface area contributed by atoms with E-state index < -0.39 is 11.7 Å². The molecule has 0 spiro atoms. The average molecular weight is 412 g/mol. The van der Waals surface area contributed by atoms with Crippen molar-refractivity contribution in [3.8, 4) is 5.75 Å². The molecule has 0 atom stereocenters. The third-order valence-electron chi connectivity index (χ3n) is 4.48. The fourth-order valence-corrected chi connectivity index (χ4v) is 3.08. The molecular weight excluding hydrogens is 387 g/mol. The summed E-state index contributed by atoms with van der Waals surface area (Å²) in [6.45, 7) is 6.01. The number of fused-ring (bicyclic) bond motifs is 1. The Labute approximate surface area is 175 Å². The van der Waals surface area contributed by atoms with E-state index >= 15 is 0 Å². The topological polar surface area (TPSA) is 59.1 Å². The lowest BCUT2D eigenvalue weighted by Gasteiger charge is -2.37. The first-order valence-electron chi connectivity index (χ1n) is 9.61. The van der Waals surface area contributed by atoms with Crippen LogP contribution in [0.4, 0.5) is 20.6 Å². The van der Waals surface area contributed by atoms with Crippen LogP contribution in [0.2, 0.25) is 0 Å². The van der Waals surface area contributed by atoms with Gasteiger partial charge in [0.05, 0.1) is 18.5 Å². The highest BCUT2D eigenvalue weighted by molar-refractivity contribution is 6.08. The van der Waals surface area contributed by atoms with Gasteiger partial charge < -0.3 is 14.4 Å². The molecule has 0 aromatic heterocycles. The summed E-state index contributed by atoms with van der Waals surface area (Å²) in [6, 6.07) is 11.1. The van der Waals surface area contributed by atoms with E-state index in [1.807, 2.05) is 0 Å². The van der Waals surface area contributed by atoms with Crippen molar-refractivity contribution in [2.45, 2.75) is 26.4 Å². The van der Waals surface area contributed by atoms with E-state index in [0.29, 0.717) is 35.8 Å². The van der Waals surface area contributed by atoms with Gasteiger partial charge >= 0.3 is 6.09 Å². The molecule has 0 aliphatic carbocycles. The molecule has 3 rings (SSSR count). The Morgan fingerprint density at radius 3 is 2.30 bits per heavy atom. The monoisotopic (exact) mass is 412 g/mol. The van der Waals surface area contributed by atoms with Gasteiger partial charge in [-0.15, -0.1) is 0 Å². The summed E-state index contributed by atoms with van der Waals surface area (Å²) in [5.41, 5.74) is 1.21. The van der Waals surface area contributed by atoms with E-state index in [-0.39, 0.29) is 11.7 Å². The molecule has 6 nitrogen and oxygen atoms in total. The van der Waals surface area contributed by atoms with Gasteiger partial charge in [-0.25, -0.2) is 9.18 Å². The van der Waals surface area contributed by atoms with E-state index in [9.17, 15) is 14.0 Å². The highest BCUT2D eigenvalue weighted by Crippen LogP contribution is 2.37. The molecule has 2 aromatic carbocycles. The number of carbonyl (C=O) groups excluding carboxylic acids is 2. The predicted octanol–water partition coefficient (Wildman–Crippen LogP) is 4.64. The molecule has 158 valence electrons. The van der Waals surface area contributed by atoms with Gasteiger partial charge in [0.1, 0.15) is 17.2 Å². The zero-order valence-corrected chi connectivity index (χ0v) is 17.5. The second-order valence-corrected chi connectivity index (χ2v) is 7.86. The Morgan fingerprint density at radius 2 is 1.67 bits per heavy atom. The fraction of sp³-hybridized carbons (Fsp3) is 0.304. The minimum absolute atomic E-state index is 0.252. The highest BCUT2D eigenvalue weighted by Gasteiger charge is 2.32.